The van der Waals surface area contributed by atoms with Crippen molar-refractivity contribution in [2.75, 3.05) is 18.4 Å². The number of hydrogen-bond donors (Lipinski definition) is 1. The van der Waals surface area contributed by atoms with Gasteiger partial charge in [0.15, 0.2) is 5.13 Å². The van der Waals surface area contributed by atoms with E-state index in [-0.39, 0.29) is 5.91 Å². The second-order valence-electron chi connectivity index (χ2n) is 7.39. The predicted molar refractivity (Wildman–Crippen MR) is 109 cm³/mol. The number of carbonyl (C=O) groups excluding carboxylic acids is 1. The van der Waals surface area contributed by atoms with Gasteiger partial charge in [0, 0.05) is 55.4 Å². The number of thiazole rings is 1. The maximum atomic E-state index is 11.2. The Hall–Kier alpha value is -2.25. The van der Waals surface area contributed by atoms with Gasteiger partial charge in [0.1, 0.15) is 5.65 Å². The average Bonchev–Trinajstić information content (AvgIpc) is 3.21. The third kappa shape index (κ3) is 3.89. The number of fused-ring (bicyclic) bond motifs is 1. The van der Waals surface area contributed by atoms with E-state index in [2.05, 4.69) is 45.0 Å². The van der Waals surface area contributed by atoms with Crippen LogP contribution >= 0.6 is 11.3 Å². The smallest absolute Gasteiger partial charge is 0.223 e. The van der Waals surface area contributed by atoms with Crippen LogP contribution in [0.1, 0.15) is 41.8 Å². The lowest BCUT2D eigenvalue weighted by Gasteiger charge is -2.33. The van der Waals surface area contributed by atoms with Crippen LogP contribution in [-0.4, -0.2) is 38.4 Å². The van der Waals surface area contributed by atoms with Crippen molar-refractivity contribution in [3.63, 3.8) is 0 Å². The summed E-state index contributed by atoms with van der Waals surface area (Å²) in [5, 5.41) is 4.66. The van der Waals surface area contributed by atoms with Gasteiger partial charge in [-0.3, -0.25) is 9.69 Å². The van der Waals surface area contributed by atoms with Crippen LogP contribution in [0.5, 0.6) is 0 Å². The van der Waals surface area contributed by atoms with Crippen LogP contribution in [0.2, 0.25) is 0 Å². The summed E-state index contributed by atoms with van der Waals surface area (Å²) >= 11 is 1.56. The molecule has 1 saturated heterocycles. The molecule has 1 aliphatic rings. The molecule has 1 N–H and O–H groups in total. The topological polar surface area (TPSA) is 63.1 Å². The molecule has 0 saturated carbocycles. The number of aryl methyl sites for hydroxylation is 2. The Balaban J connectivity index is 1.49. The van der Waals surface area contributed by atoms with E-state index in [1.54, 1.807) is 11.3 Å². The molecule has 0 aliphatic carbocycles. The minimum Gasteiger partial charge on any atom is -0.336 e. The summed E-state index contributed by atoms with van der Waals surface area (Å²) in [6.07, 6.45) is 6.35. The number of aromatic nitrogens is 3. The molecule has 0 radical (unpaired) electrons. The molecule has 3 aromatic rings. The summed E-state index contributed by atoms with van der Waals surface area (Å²) in [5.41, 5.74) is 3.57. The number of amides is 1. The van der Waals surface area contributed by atoms with Crippen LogP contribution in [0.15, 0.2) is 24.5 Å². The standard InChI is InChI=1S/C20H25N5OS/c1-13-18(9-15-6-8-24(3)19(15)22-13)16-5-4-7-25(11-16)12-17-10-21-20(27-17)23-14(2)26/h6,8-10,16H,4-5,7,11-12H2,1-3H3,(H,21,23,26). The van der Waals surface area contributed by atoms with E-state index < -0.39 is 0 Å². The van der Waals surface area contributed by atoms with Crippen molar-refractivity contribution in [3.8, 4) is 0 Å². The monoisotopic (exact) mass is 383 g/mol. The van der Waals surface area contributed by atoms with Crippen molar-refractivity contribution in [3.05, 3.63) is 40.7 Å². The van der Waals surface area contributed by atoms with E-state index in [1.807, 2.05) is 13.2 Å². The molecule has 4 heterocycles. The Bertz CT molecular complexity index is 976. The van der Waals surface area contributed by atoms with Crippen LogP contribution in [0.25, 0.3) is 11.0 Å². The first-order chi connectivity index (χ1) is 13.0. The van der Waals surface area contributed by atoms with Crippen molar-refractivity contribution in [1.82, 2.24) is 19.4 Å². The van der Waals surface area contributed by atoms with Gasteiger partial charge < -0.3 is 9.88 Å². The number of nitrogens with one attached hydrogen (secondary N) is 1. The second kappa shape index (κ2) is 7.40. The third-order valence-electron chi connectivity index (χ3n) is 5.23. The molecule has 0 bridgehead atoms. The summed E-state index contributed by atoms with van der Waals surface area (Å²) < 4.78 is 2.08. The van der Waals surface area contributed by atoms with Crippen molar-refractivity contribution in [2.24, 2.45) is 7.05 Å². The van der Waals surface area contributed by atoms with Crippen molar-refractivity contribution < 1.29 is 4.79 Å². The number of carbonyl (C=O) groups is 1. The highest BCUT2D eigenvalue weighted by Gasteiger charge is 2.24. The lowest BCUT2D eigenvalue weighted by molar-refractivity contribution is -0.114. The number of anilines is 1. The van der Waals surface area contributed by atoms with Crippen LogP contribution in [0.4, 0.5) is 5.13 Å². The first-order valence-electron chi connectivity index (χ1n) is 9.37. The zero-order chi connectivity index (χ0) is 19.0. The van der Waals surface area contributed by atoms with E-state index in [1.165, 1.54) is 35.6 Å². The molecule has 0 aromatic carbocycles. The highest BCUT2D eigenvalue weighted by molar-refractivity contribution is 7.15. The molecule has 4 rings (SSSR count). The van der Waals surface area contributed by atoms with Gasteiger partial charge in [-0.25, -0.2) is 9.97 Å². The maximum absolute atomic E-state index is 11.2. The molecule has 6 nitrogen and oxygen atoms in total. The number of hydrogen-bond acceptors (Lipinski definition) is 5. The number of rotatable bonds is 4. The Morgan fingerprint density at radius 3 is 3.11 bits per heavy atom. The van der Waals surface area contributed by atoms with Gasteiger partial charge in [-0.15, -0.1) is 11.3 Å². The molecular formula is C20H25N5OS. The van der Waals surface area contributed by atoms with Crippen molar-refractivity contribution >= 4 is 33.4 Å². The van der Waals surface area contributed by atoms with Gasteiger partial charge in [-0.2, -0.15) is 0 Å². The molecule has 1 aliphatic heterocycles. The minimum atomic E-state index is -0.0757. The van der Waals surface area contributed by atoms with E-state index in [0.717, 1.165) is 31.0 Å². The van der Waals surface area contributed by atoms with Gasteiger partial charge in [-0.1, -0.05) is 0 Å². The maximum Gasteiger partial charge on any atom is 0.223 e. The largest absolute Gasteiger partial charge is 0.336 e. The normalized spacial score (nSPS) is 18.1. The van der Waals surface area contributed by atoms with Crippen LogP contribution < -0.4 is 5.32 Å². The third-order valence-corrected chi connectivity index (χ3v) is 6.13. The minimum absolute atomic E-state index is 0.0757. The number of piperidine rings is 1. The van der Waals surface area contributed by atoms with E-state index >= 15 is 0 Å². The molecule has 1 atom stereocenters. The Morgan fingerprint density at radius 2 is 2.30 bits per heavy atom. The Kier molecular flexibility index (Phi) is 4.97. The fourth-order valence-electron chi connectivity index (χ4n) is 3.97. The summed E-state index contributed by atoms with van der Waals surface area (Å²) in [6, 6.07) is 4.47. The molecular weight excluding hydrogens is 358 g/mol. The molecule has 1 amide bonds. The Labute approximate surface area is 163 Å². The summed E-state index contributed by atoms with van der Waals surface area (Å²) in [5.74, 6) is 0.437. The number of nitrogens with zero attached hydrogens (tertiary/aromatic N) is 4. The zero-order valence-corrected chi connectivity index (χ0v) is 16.8. The fraction of sp³-hybridized carbons (Fsp3) is 0.450. The van der Waals surface area contributed by atoms with E-state index in [0.29, 0.717) is 11.0 Å². The van der Waals surface area contributed by atoms with Crippen molar-refractivity contribution in [1.29, 1.82) is 0 Å². The first kappa shape index (κ1) is 18.1. The quantitative estimate of drug-likeness (QED) is 0.747. The molecule has 1 fully saturated rings. The summed E-state index contributed by atoms with van der Waals surface area (Å²) in [7, 11) is 2.04. The van der Waals surface area contributed by atoms with E-state index in [9.17, 15) is 4.79 Å². The summed E-state index contributed by atoms with van der Waals surface area (Å²) in [4.78, 5) is 24.0. The molecule has 1 unspecified atom stereocenters. The number of likely N-dealkylation sites (tertiary alicyclic amines) is 1. The van der Waals surface area contributed by atoms with Gasteiger partial charge >= 0.3 is 0 Å². The zero-order valence-electron chi connectivity index (χ0n) is 16.0. The predicted octanol–water partition coefficient (Wildman–Crippen LogP) is 3.68. The van der Waals surface area contributed by atoms with Crippen LogP contribution in [-0.2, 0) is 18.4 Å². The number of pyridine rings is 1. The van der Waals surface area contributed by atoms with Gasteiger partial charge in [0.2, 0.25) is 5.91 Å². The lowest BCUT2D eigenvalue weighted by atomic mass is 9.89. The van der Waals surface area contributed by atoms with E-state index in [4.69, 9.17) is 4.98 Å². The van der Waals surface area contributed by atoms with Gasteiger partial charge in [0.05, 0.1) is 0 Å². The molecule has 7 heteroatoms. The first-order valence-corrected chi connectivity index (χ1v) is 10.2. The molecule has 0 spiro atoms. The van der Waals surface area contributed by atoms with Crippen LogP contribution in [0.3, 0.4) is 0 Å². The lowest BCUT2D eigenvalue weighted by Crippen LogP contribution is -2.34. The molecule has 142 valence electrons. The average molecular weight is 384 g/mol. The molecule has 27 heavy (non-hydrogen) atoms. The highest BCUT2D eigenvalue weighted by Crippen LogP contribution is 2.32. The van der Waals surface area contributed by atoms with Gasteiger partial charge in [0.25, 0.3) is 0 Å². The highest BCUT2D eigenvalue weighted by atomic mass is 32.1. The Morgan fingerprint density at radius 1 is 1.44 bits per heavy atom. The van der Waals surface area contributed by atoms with Crippen LogP contribution in [0, 0.1) is 6.92 Å². The van der Waals surface area contributed by atoms with Crippen molar-refractivity contribution in [2.45, 2.75) is 39.2 Å². The SMILES string of the molecule is CC(=O)Nc1ncc(CN2CCCC(c3cc4ccn(C)c4nc3C)C2)s1. The van der Waals surface area contributed by atoms with Gasteiger partial charge in [-0.05, 0) is 49.9 Å². The second-order valence-corrected chi connectivity index (χ2v) is 8.50. The molecule has 3 aromatic heterocycles. The summed E-state index contributed by atoms with van der Waals surface area (Å²) in [6.45, 7) is 6.66. The fourth-order valence-corrected chi connectivity index (χ4v) is 4.87.